The third kappa shape index (κ3) is 2.36. The minimum Gasteiger partial charge on any atom is -0.377 e. The quantitative estimate of drug-likeness (QED) is 0.505. The molecule has 1 aliphatic rings. The summed E-state index contributed by atoms with van der Waals surface area (Å²) in [6.45, 7) is 0. The first kappa shape index (κ1) is 7.55. The van der Waals surface area contributed by atoms with E-state index in [2.05, 4.69) is 24.3 Å². The lowest BCUT2D eigenvalue weighted by molar-refractivity contribution is 0.134. The minimum absolute atomic E-state index is 0.338. The molecule has 0 saturated carbocycles. The van der Waals surface area contributed by atoms with Crippen molar-refractivity contribution in [2.45, 2.75) is 25.4 Å². The summed E-state index contributed by atoms with van der Waals surface area (Å²) >= 11 is 0. The van der Waals surface area contributed by atoms with Gasteiger partial charge in [0, 0.05) is 7.11 Å². The molecule has 0 amide bonds. The number of ether oxygens (including phenoxy) is 1. The van der Waals surface area contributed by atoms with Gasteiger partial charge in [-0.2, -0.15) is 0 Å². The van der Waals surface area contributed by atoms with E-state index in [-0.39, 0.29) is 0 Å². The van der Waals surface area contributed by atoms with Crippen LogP contribution in [-0.2, 0) is 4.74 Å². The molecule has 1 atom stereocenters. The van der Waals surface area contributed by atoms with Crippen LogP contribution in [-0.4, -0.2) is 13.2 Å². The van der Waals surface area contributed by atoms with Crippen LogP contribution in [0.3, 0.4) is 0 Å². The highest BCUT2D eigenvalue weighted by atomic mass is 16.5. The first-order valence-electron chi connectivity index (χ1n) is 3.78. The minimum atomic E-state index is 0.338. The Morgan fingerprint density at radius 1 is 1.30 bits per heavy atom. The number of methoxy groups -OCH3 is 1. The highest BCUT2D eigenvalue weighted by Crippen LogP contribution is 2.07. The molecule has 1 unspecified atom stereocenters. The molecular formula is C9H14O. The van der Waals surface area contributed by atoms with Crippen molar-refractivity contribution in [2.75, 3.05) is 7.11 Å². The number of hydrogen-bond donors (Lipinski definition) is 0. The normalized spacial score (nSPS) is 32.3. The molecule has 56 valence electrons. The summed E-state index contributed by atoms with van der Waals surface area (Å²) in [6, 6.07) is 0. The van der Waals surface area contributed by atoms with Gasteiger partial charge in [0.1, 0.15) is 0 Å². The molecule has 1 nitrogen and oxygen atoms in total. The van der Waals surface area contributed by atoms with Crippen LogP contribution in [0, 0.1) is 0 Å². The zero-order valence-electron chi connectivity index (χ0n) is 6.42. The molecule has 1 rings (SSSR count). The fourth-order valence-electron chi connectivity index (χ4n) is 1.08. The zero-order valence-corrected chi connectivity index (χ0v) is 6.42. The van der Waals surface area contributed by atoms with Crippen LogP contribution in [0.2, 0.25) is 0 Å². The second-order valence-electron chi connectivity index (χ2n) is 2.49. The van der Waals surface area contributed by atoms with E-state index < -0.39 is 0 Å². The van der Waals surface area contributed by atoms with Crippen molar-refractivity contribution in [3.05, 3.63) is 24.3 Å². The van der Waals surface area contributed by atoms with Gasteiger partial charge in [-0.05, 0) is 19.3 Å². The largest absolute Gasteiger partial charge is 0.377 e. The Hall–Kier alpha value is -0.560. The first-order valence-corrected chi connectivity index (χ1v) is 3.78. The van der Waals surface area contributed by atoms with Crippen molar-refractivity contribution in [3.8, 4) is 0 Å². The van der Waals surface area contributed by atoms with Crippen LogP contribution in [0.4, 0.5) is 0 Å². The van der Waals surface area contributed by atoms with Gasteiger partial charge in [0.2, 0.25) is 0 Å². The van der Waals surface area contributed by atoms with Gasteiger partial charge in [0.15, 0.2) is 0 Å². The van der Waals surface area contributed by atoms with Gasteiger partial charge in [-0.25, -0.2) is 0 Å². The predicted octanol–water partition coefficient (Wildman–Crippen LogP) is 2.30. The Morgan fingerprint density at radius 3 is 3.00 bits per heavy atom. The molecule has 0 aromatic carbocycles. The predicted molar refractivity (Wildman–Crippen MR) is 42.9 cm³/mol. The fourth-order valence-corrected chi connectivity index (χ4v) is 1.08. The zero-order chi connectivity index (χ0) is 7.23. The maximum Gasteiger partial charge on any atom is 0.0755 e. The van der Waals surface area contributed by atoms with Crippen molar-refractivity contribution in [3.63, 3.8) is 0 Å². The molecule has 0 aromatic rings. The van der Waals surface area contributed by atoms with Gasteiger partial charge in [0.05, 0.1) is 6.10 Å². The van der Waals surface area contributed by atoms with Gasteiger partial charge in [-0.15, -0.1) is 0 Å². The maximum absolute atomic E-state index is 5.21. The lowest BCUT2D eigenvalue weighted by atomic mass is 10.1. The van der Waals surface area contributed by atoms with Crippen LogP contribution in [0.1, 0.15) is 19.3 Å². The second kappa shape index (κ2) is 4.29. The number of hydrogen-bond acceptors (Lipinski definition) is 1. The van der Waals surface area contributed by atoms with E-state index in [9.17, 15) is 0 Å². The molecule has 0 aliphatic heterocycles. The van der Waals surface area contributed by atoms with Crippen LogP contribution in [0.5, 0.6) is 0 Å². The van der Waals surface area contributed by atoms with E-state index in [0.29, 0.717) is 6.10 Å². The molecule has 1 aliphatic carbocycles. The molecule has 0 heterocycles. The Bertz CT molecular complexity index is 136. The summed E-state index contributed by atoms with van der Waals surface area (Å²) in [7, 11) is 1.76. The third-order valence-electron chi connectivity index (χ3n) is 1.71. The lowest BCUT2D eigenvalue weighted by Crippen LogP contribution is -2.06. The number of rotatable bonds is 1. The van der Waals surface area contributed by atoms with Crippen LogP contribution >= 0.6 is 0 Å². The summed E-state index contributed by atoms with van der Waals surface area (Å²) in [4.78, 5) is 0. The van der Waals surface area contributed by atoms with Crippen molar-refractivity contribution >= 4 is 0 Å². The highest BCUT2D eigenvalue weighted by molar-refractivity contribution is 4.99. The van der Waals surface area contributed by atoms with Crippen molar-refractivity contribution < 1.29 is 4.74 Å². The third-order valence-corrected chi connectivity index (χ3v) is 1.71. The molecule has 0 saturated heterocycles. The van der Waals surface area contributed by atoms with Crippen molar-refractivity contribution in [1.82, 2.24) is 0 Å². The molecule has 0 spiro atoms. The van der Waals surface area contributed by atoms with E-state index in [1.54, 1.807) is 7.11 Å². The second-order valence-corrected chi connectivity index (χ2v) is 2.49. The fraction of sp³-hybridized carbons (Fsp3) is 0.556. The lowest BCUT2D eigenvalue weighted by Gasteiger charge is -2.09. The Balaban J connectivity index is 2.40. The first-order chi connectivity index (χ1) is 4.93. The average Bonchev–Trinajstić information content (AvgIpc) is 1.87. The van der Waals surface area contributed by atoms with E-state index in [1.807, 2.05) is 0 Å². The van der Waals surface area contributed by atoms with Crippen LogP contribution in [0.15, 0.2) is 24.3 Å². The molecule has 0 aromatic heterocycles. The monoisotopic (exact) mass is 138 g/mol. The van der Waals surface area contributed by atoms with Gasteiger partial charge >= 0.3 is 0 Å². The molecule has 0 fully saturated rings. The van der Waals surface area contributed by atoms with E-state index in [4.69, 9.17) is 4.74 Å². The Labute approximate surface area is 62.4 Å². The van der Waals surface area contributed by atoms with E-state index >= 15 is 0 Å². The molecular weight excluding hydrogens is 124 g/mol. The molecule has 0 bridgehead atoms. The summed E-state index contributed by atoms with van der Waals surface area (Å²) in [5.41, 5.74) is 0. The maximum atomic E-state index is 5.21. The Morgan fingerprint density at radius 2 is 2.20 bits per heavy atom. The van der Waals surface area contributed by atoms with Gasteiger partial charge in [0.25, 0.3) is 0 Å². The van der Waals surface area contributed by atoms with Gasteiger partial charge < -0.3 is 4.74 Å². The molecule has 0 radical (unpaired) electrons. The van der Waals surface area contributed by atoms with Crippen LogP contribution < -0.4 is 0 Å². The van der Waals surface area contributed by atoms with Crippen molar-refractivity contribution in [2.24, 2.45) is 0 Å². The SMILES string of the molecule is COC1/C=C\C/C=C\CC1. The summed E-state index contributed by atoms with van der Waals surface area (Å²) in [5, 5.41) is 0. The van der Waals surface area contributed by atoms with Gasteiger partial charge in [-0.1, -0.05) is 24.3 Å². The van der Waals surface area contributed by atoms with Crippen LogP contribution in [0.25, 0.3) is 0 Å². The summed E-state index contributed by atoms with van der Waals surface area (Å²) < 4.78 is 5.21. The highest BCUT2D eigenvalue weighted by Gasteiger charge is 2.00. The number of allylic oxidation sites excluding steroid dienone is 3. The van der Waals surface area contributed by atoms with Crippen molar-refractivity contribution in [1.29, 1.82) is 0 Å². The smallest absolute Gasteiger partial charge is 0.0755 e. The molecule has 1 heteroatoms. The average molecular weight is 138 g/mol. The summed E-state index contributed by atoms with van der Waals surface area (Å²) in [6.07, 6.45) is 12.4. The molecule has 0 N–H and O–H groups in total. The topological polar surface area (TPSA) is 9.23 Å². The van der Waals surface area contributed by atoms with E-state index in [1.165, 1.54) is 0 Å². The van der Waals surface area contributed by atoms with Gasteiger partial charge in [-0.3, -0.25) is 0 Å². The molecule has 10 heavy (non-hydrogen) atoms. The standard InChI is InChI=1S/C9H14O/c1-10-9-7-5-3-2-4-6-8-9/h2-3,6,8-9H,4-5,7H2,1H3/b3-2-,8-6-. The van der Waals surface area contributed by atoms with E-state index in [0.717, 1.165) is 19.3 Å². The summed E-state index contributed by atoms with van der Waals surface area (Å²) in [5.74, 6) is 0. The Kier molecular flexibility index (Phi) is 3.23.